The zero-order valence-electron chi connectivity index (χ0n) is 9.44. The van der Waals surface area contributed by atoms with Crippen molar-refractivity contribution in [1.29, 1.82) is 0 Å². The summed E-state index contributed by atoms with van der Waals surface area (Å²) >= 11 is 0. The third-order valence-corrected chi connectivity index (χ3v) is 2.81. The standard InChI is InChI=1S/C11H16N4/c1-4-5-11(2,3)9-6-12-7-15-8-13-14-10(9)15/h6-8H,4-5H2,1-3H3. The molecule has 0 aliphatic rings. The van der Waals surface area contributed by atoms with E-state index in [1.165, 1.54) is 5.56 Å². The van der Waals surface area contributed by atoms with Gasteiger partial charge in [-0.1, -0.05) is 27.2 Å². The Kier molecular flexibility index (Phi) is 2.42. The molecule has 0 saturated carbocycles. The van der Waals surface area contributed by atoms with Crippen molar-refractivity contribution in [3.05, 3.63) is 24.4 Å². The van der Waals surface area contributed by atoms with E-state index in [0.717, 1.165) is 18.5 Å². The Labute approximate surface area is 89.4 Å². The lowest BCUT2D eigenvalue weighted by molar-refractivity contribution is 0.472. The molecule has 15 heavy (non-hydrogen) atoms. The van der Waals surface area contributed by atoms with Crippen molar-refractivity contribution in [3.8, 4) is 0 Å². The first-order chi connectivity index (χ1) is 7.15. The van der Waals surface area contributed by atoms with Gasteiger partial charge >= 0.3 is 0 Å². The third-order valence-electron chi connectivity index (χ3n) is 2.81. The fourth-order valence-electron chi connectivity index (χ4n) is 1.99. The Morgan fingerprint density at radius 2 is 2.13 bits per heavy atom. The van der Waals surface area contributed by atoms with Gasteiger partial charge in [-0.05, 0) is 11.8 Å². The van der Waals surface area contributed by atoms with E-state index in [2.05, 4.69) is 36.0 Å². The van der Waals surface area contributed by atoms with Gasteiger partial charge in [0, 0.05) is 11.8 Å². The van der Waals surface area contributed by atoms with Crippen LogP contribution in [-0.4, -0.2) is 19.6 Å². The predicted molar refractivity (Wildman–Crippen MR) is 58.7 cm³/mol. The normalized spacial score (nSPS) is 12.2. The molecule has 0 spiro atoms. The summed E-state index contributed by atoms with van der Waals surface area (Å²) in [6, 6.07) is 0. The molecular weight excluding hydrogens is 188 g/mol. The average molecular weight is 204 g/mol. The highest BCUT2D eigenvalue weighted by Crippen LogP contribution is 2.29. The van der Waals surface area contributed by atoms with Gasteiger partial charge in [-0.15, -0.1) is 10.2 Å². The minimum Gasteiger partial charge on any atom is -0.272 e. The highest BCUT2D eigenvalue weighted by molar-refractivity contribution is 5.48. The SMILES string of the molecule is CCCC(C)(C)c1cncn2cnnc12. The maximum absolute atomic E-state index is 4.22. The molecule has 2 rings (SSSR count). The first-order valence-electron chi connectivity index (χ1n) is 5.29. The molecule has 0 amide bonds. The van der Waals surface area contributed by atoms with Crippen LogP contribution in [0.25, 0.3) is 5.65 Å². The van der Waals surface area contributed by atoms with Crippen LogP contribution >= 0.6 is 0 Å². The van der Waals surface area contributed by atoms with Crippen LogP contribution in [0.3, 0.4) is 0 Å². The molecule has 0 bridgehead atoms. The molecule has 4 nitrogen and oxygen atoms in total. The minimum absolute atomic E-state index is 0.108. The molecule has 2 aromatic rings. The van der Waals surface area contributed by atoms with Gasteiger partial charge in [-0.3, -0.25) is 4.40 Å². The minimum atomic E-state index is 0.108. The van der Waals surface area contributed by atoms with E-state index >= 15 is 0 Å². The van der Waals surface area contributed by atoms with Crippen molar-refractivity contribution in [3.63, 3.8) is 0 Å². The van der Waals surface area contributed by atoms with Gasteiger partial charge in [0.2, 0.25) is 0 Å². The van der Waals surface area contributed by atoms with Crippen molar-refractivity contribution in [2.45, 2.75) is 39.0 Å². The van der Waals surface area contributed by atoms with Crippen LogP contribution in [-0.2, 0) is 5.41 Å². The van der Waals surface area contributed by atoms with Gasteiger partial charge in [0.05, 0.1) is 0 Å². The molecule has 0 atom stereocenters. The van der Waals surface area contributed by atoms with Gasteiger partial charge in [-0.25, -0.2) is 4.98 Å². The van der Waals surface area contributed by atoms with E-state index in [9.17, 15) is 0 Å². The van der Waals surface area contributed by atoms with Gasteiger partial charge in [0.25, 0.3) is 0 Å². The second-order valence-electron chi connectivity index (χ2n) is 4.50. The molecule has 0 N–H and O–H groups in total. The van der Waals surface area contributed by atoms with Crippen molar-refractivity contribution in [1.82, 2.24) is 19.6 Å². The van der Waals surface area contributed by atoms with Crippen LogP contribution in [0.15, 0.2) is 18.9 Å². The Hall–Kier alpha value is -1.45. The van der Waals surface area contributed by atoms with Crippen LogP contribution in [0.5, 0.6) is 0 Å². The molecule has 4 heteroatoms. The first kappa shape index (κ1) is 10.1. The number of aromatic nitrogens is 4. The molecule has 0 saturated heterocycles. The molecule has 0 fully saturated rings. The Balaban J connectivity index is 2.55. The smallest absolute Gasteiger partial charge is 0.167 e. The summed E-state index contributed by atoms with van der Waals surface area (Å²) in [6.45, 7) is 6.64. The zero-order chi connectivity index (χ0) is 10.9. The van der Waals surface area contributed by atoms with Crippen LogP contribution in [0.4, 0.5) is 0 Å². The molecule has 0 aliphatic carbocycles. The summed E-state index contributed by atoms with van der Waals surface area (Å²) in [4.78, 5) is 4.22. The summed E-state index contributed by atoms with van der Waals surface area (Å²) in [6.07, 6.45) is 7.61. The topological polar surface area (TPSA) is 43.1 Å². The van der Waals surface area contributed by atoms with Crippen molar-refractivity contribution < 1.29 is 0 Å². The maximum atomic E-state index is 4.22. The van der Waals surface area contributed by atoms with Crippen molar-refractivity contribution in [2.75, 3.05) is 0 Å². The van der Waals surface area contributed by atoms with Crippen LogP contribution < -0.4 is 0 Å². The lowest BCUT2D eigenvalue weighted by Crippen LogP contribution is -2.18. The number of rotatable bonds is 3. The monoisotopic (exact) mass is 204 g/mol. The second-order valence-corrected chi connectivity index (χ2v) is 4.50. The summed E-state index contributed by atoms with van der Waals surface area (Å²) in [5.41, 5.74) is 2.20. The van der Waals surface area contributed by atoms with E-state index < -0.39 is 0 Å². The molecule has 80 valence electrons. The predicted octanol–water partition coefficient (Wildman–Crippen LogP) is 2.20. The second kappa shape index (κ2) is 3.61. The number of hydrogen-bond donors (Lipinski definition) is 0. The third kappa shape index (κ3) is 1.71. The molecule has 0 unspecified atom stereocenters. The van der Waals surface area contributed by atoms with Gasteiger partial charge in [0.1, 0.15) is 12.7 Å². The molecule has 0 aromatic carbocycles. The van der Waals surface area contributed by atoms with Crippen LogP contribution in [0.1, 0.15) is 39.2 Å². The molecule has 0 aliphatic heterocycles. The van der Waals surface area contributed by atoms with E-state index in [4.69, 9.17) is 0 Å². The van der Waals surface area contributed by atoms with Crippen molar-refractivity contribution >= 4 is 5.65 Å². The Morgan fingerprint density at radius 1 is 1.33 bits per heavy atom. The molecule has 2 aromatic heterocycles. The lowest BCUT2D eigenvalue weighted by Gasteiger charge is -2.24. The summed E-state index contributed by atoms with van der Waals surface area (Å²) < 4.78 is 1.87. The Bertz CT molecular complexity index is 458. The van der Waals surface area contributed by atoms with E-state index in [0.29, 0.717) is 0 Å². The molecular formula is C11H16N4. The summed E-state index contributed by atoms with van der Waals surface area (Å²) in [5, 5.41) is 8.05. The number of nitrogens with zero attached hydrogens (tertiary/aromatic N) is 4. The Morgan fingerprint density at radius 3 is 2.87 bits per heavy atom. The van der Waals surface area contributed by atoms with Crippen LogP contribution in [0, 0.1) is 0 Å². The highest BCUT2D eigenvalue weighted by Gasteiger charge is 2.23. The number of fused-ring (bicyclic) bond motifs is 1. The molecule has 2 heterocycles. The average Bonchev–Trinajstić information content (AvgIpc) is 2.64. The summed E-state index contributed by atoms with van der Waals surface area (Å²) in [5.74, 6) is 0. The largest absolute Gasteiger partial charge is 0.272 e. The highest BCUT2D eigenvalue weighted by atomic mass is 15.2. The summed E-state index contributed by atoms with van der Waals surface area (Å²) in [7, 11) is 0. The number of hydrogen-bond acceptors (Lipinski definition) is 3. The van der Waals surface area contributed by atoms with Crippen molar-refractivity contribution in [2.24, 2.45) is 0 Å². The first-order valence-corrected chi connectivity index (χ1v) is 5.29. The van der Waals surface area contributed by atoms with Gasteiger partial charge in [-0.2, -0.15) is 0 Å². The van der Waals surface area contributed by atoms with E-state index in [1.54, 1.807) is 12.7 Å². The van der Waals surface area contributed by atoms with E-state index in [1.807, 2.05) is 10.6 Å². The molecule has 0 radical (unpaired) electrons. The van der Waals surface area contributed by atoms with Gasteiger partial charge in [0.15, 0.2) is 5.65 Å². The van der Waals surface area contributed by atoms with E-state index in [-0.39, 0.29) is 5.41 Å². The zero-order valence-corrected chi connectivity index (χ0v) is 9.44. The van der Waals surface area contributed by atoms with Gasteiger partial charge < -0.3 is 0 Å². The fraction of sp³-hybridized carbons (Fsp3) is 0.545. The van der Waals surface area contributed by atoms with Crippen LogP contribution in [0.2, 0.25) is 0 Å². The quantitative estimate of drug-likeness (QED) is 0.769. The fourth-order valence-corrected chi connectivity index (χ4v) is 1.99. The maximum Gasteiger partial charge on any atom is 0.167 e. The lowest BCUT2D eigenvalue weighted by atomic mass is 9.82.